The molecule has 2 unspecified atom stereocenters. The fourth-order valence-corrected chi connectivity index (χ4v) is 2.57. The lowest BCUT2D eigenvalue weighted by Gasteiger charge is -2.17. The van der Waals surface area contributed by atoms with E-state index in [2.05, 4.69) is 26.1 Å². The molecule has 0 heterocycles. The minimum Gasteiger partial charge on any atom is -0.314 e. The molecule has 2 atom stereocenters. The molecule has 1 N–H and O–H groups in total. The van der Waals surface area contributed by atoms with Gasteiger partial charge in [-0.15, -0.1) is 0 Å². The van der Waals surface area contributed by atoms with E-state index >= 15 is 0 Å². The zero-order chi connectivity index (χ0) is 11.1. The van der Waals surface area contributed by atoms with E-state index in [1.165, 1.54) is 51.5 Å². The molecule has 15 heavy (non-hydrogen) atoms. The van der Waals surface area contributed by atoms with Gasteiger partial charge in [-0.1, -0.05) is 40.0 Å². The molecule has 0 aromatic heterocycles. The van der Waals surface area contributed by atoms with Crippen LogP contribution in [0.25, 0.3) is 0 Å². The van der Waals surface area contributed by atoms with Crippen LogP contribution in [-0.2, 0) is 0 Å². The summed E-state index contributed by atoms with van der Waals surface area (Å²) in [4.78, 5) is 0. The van der Waals surface area contributed by atoms with E-state index in [1.54, 1.807) is 0 Å². The highest BCUT2D eigenvalue weighted by Crippen LogP contribution is 2.25. The Morgan fingerprint density at radius 1 is 1.13 bits per heavy atom. The average molecular weight is 211 g/mol. The quantitative estimate of drug-likeness (QED) is 0.678. The summed E-state index contributed by atoms with van der Waals surface area (Å²) in [6.45, 7) is 8.18. The van der Waals surface area contributed by atoms with Crippen molar-refractivity contribution in [3.63, 3.8) is 0 Å². The molecule has 0 spiro atoms. The monoisotopic (exact) mass is 211 g/mol. The van der Waals surface area contributed by atoms with Gasteiger partial charge in [0.25, 0.3) is 0 Å². The second-order valence-corrected chi connectivity index (χ2v) is 5.62. The summed E-state index contributed by atoms with van der Waals surface area (Å²) in [5, 5.41) is 3.74. The van der Waals surface area contributed by atoms with E-state index in [0.29, 0.717) is 0 Å². The van der Waals surface area contributed by atoms with Crippen LogP contribution in [-0.4, -0.2) is 12.6 Å². The summed E-state index contributed by atoms with van der Waals surface area (Å²) in [6, 6.07) is 0.820. The van der Waals surface area contributed by atoms with Crippen LogP contribution in [0.15, 0.2) is 0 Å². The number of nitrogens with one attached hydrogen (secondary N) is 1. The van der Waals surface area contributed by atoms with Gasteiger partial charge in [0, 0.05) is 6.04 Å². The van der Waals surface area contributed by atoms with Crippen LogP contribution in [0.3, 0.4) is 0 Å². The first kappa shape index (κ1) is 13.0. The molecule has 1 saturated carbocycles. The second-order valence-electron chi connectivity index (χ2n) is 5.62. The maximum Gasteiger partial charge on any atom is 0.00671 e. The van der Waals surface area contributed by atoms with Gasteiger partial charge in [0.05, 0.1) is 0 Å². The molecular weight excluding hydrogens is 182 g/mol. The van der Waals surface area contributed by atoms with Crippen molar-refractivity contribution in [3.05, 3.63) is 0 Å². The van der Waals surface area contributed by atoms with E-state index in [-0.39, 0.29) is 0 Å². The molecular formula is C14H29N. The molecule has 0 amide bonds. The van der Waals surface area contributed by atoms with Gasteiger partial charge in [0.2, 0.25) is 0 Å². The Hall–Kier alpha value is -0.0400. The molecule has 1 heteroatoms. The van der Waals surface area contributed by atoms with Gasteiger partial charge in [0.15, 0.2) is 0 Å². The Morgan fingerprint density at radius 2 is 1.93 bits per heavy atom. The molecule has 1 rings (SSSR count). The van der Waals surface area contributed by atoms with Gasteiger partial charge in [-0.3, -0.25) is 0 Å². The van der Waals surface area contributed by atoms with Crippen molar-refractivity contribution in [2.24, 2.45) is 11.8 Å². The van der Waals surface area contributed by atoms with Crippen molar-refractivity contribution >= 4 is 0 Å². The van der Waals surface area contributed by atoms with E-state index in [0.717, 1.165) is 17.9 Å². The molecule has 90 valence electrons. The maximum absolute atomic E-state index is 3.74. The number of hydrogen-bond donors (Lipinski definition) is 1. The zero-order valence-electron chi connectivity index (χ0n) is 10.9. The third kappa shape index (κ3) is 5.55. The van der Waals surface area contributed by atoms with Gasteiger partial charge in [0.1, 0.15) is 0 Å². The third-order valence-corrected chi connectivity index (χ3v) is 3.82. The summed E-state index contributed by atoms with van der Waals surface area (Å²) in [6.07, 6.45) is 9.91. The van der Waals surface area contributed by atoms with Crippen LogP contribution in [0.4, 0.5) is 0 Å². The van der Waals surface area contributed by atoms with Crippen LogP contribution in [0.1, 0.15) is 65.7 Å². The number of hydrogen-bond acceptors (Lipinski definition) is 1. The van der Waals surface area contributed by atoms with Crippen LogP contribution in [0, 0.1) is 11.8 Å². The Balaban J connectivity index is 2.14. The molecule has 0 saturated heterocycles. The Bertz CT molecular complexity index is 153. The highest BCUT2D eigenvalue weighted by atomic mass is 14.9. The first-order chi connectivity index (χ1) is 7.22. The highest BCUT2D eigenvalue weighted by molar-refractivity contribution is 4.74. The molecule has 0 bridgehead atoms. The summed E-state index contributed by atoms with van der Waals surface area (Å²) >= 11 is 0. The Morgan fingerprint density at radius 3 is 2.60 bits per heavy atom. The van der Waals surface area contributed by atoms with Crippen molar-refractivity contribution in [1.82, 2.24) is 5.32 Å². The van der Waals surface area contributed by atoms with Crippen LogP contribution in [0.5, 0.6) is 0 Å². The molecule has 1 aliphatic rings. The first-order valence-corrected chi connectivity index (χ1v) is 6.95. The summed E-state index contributed by atoms with van der Waals surface area (Å²) in [5.74, 6) is 1.86. The highest BCUT2D eigenvalue weighted by Gasteiger charge is 2.16. The minimum atomic E-state index is 0.820. The lowest BCUT2D eigenvalue weighted by atomic mass is 9.98. The predicted molar refractivity (Wildman–Crippen MR) is 68.1 cm³/mol. The van der Waals surface area contributed by atoms with E-state index in [1.807, 2.05) is 0 Å². The molecule has 0 aromatic carbocycles. The van der Waals surface area contributed by atoms with Crippen LogP contribution < -0.4 is 5.32 Å². The van der Waals surface area contributed by atoms with Crippen LogP contribution >= 0.6 is 0 Å². The van der Waals surface area contributed by atoms with Crippen molar-refractivity contribution in [3.8, 4) is 0 Å². The SMILES string of the molecule is CCC1CCCC(NCCC(C)C)CC1. The Labute approximate surface area is 96.0 Å². The fraction of sp³-hybridized carbons (Fsp3) is 1.00. The van der Waals surface area contributed by atoms with Crippen LogP contribution in [0.2, 0.25) is 0 Å². The number of rotatable bonds is 5. The first-order valence-electron chi connectivity index (χ1n) is 6.95. The predicted octanol–water partition coefficient (Wildman–Crippen LogP) is 3.98. The topological polar surface area (TPSA) is 12.0 Å². The summed E-state index contributed by atoms with van der Waals surface area (Å²) in [5.41, 5.74) is 0. The average Bonchev–Trinajstić information content (AvgIpc) is 2.42. The van der Waals surface area contributed by atoms with E-state index in [4.69, 9.17) is 0 Å². The second kappa shape index (κ2) is 7.27. The molecule has 0 aliphatic heterocycles. The third-order valence-electron chi connectivity index (χ3n) is 3.82. The summed E-state index contributed by atoms with van der Waals surface area (Å²) in [7, 11) is 0. The normalized spacial score (nSPS) is 28.0. The molecule has 1 fully saturated rings. The molecule has 0 aromatic rings. The smallest absolute Gasteiger partial charge is 0.00671 e. The van der Waals surface area contributed by atoms with Gasteiger partial charge >= 0.3 is 0 Å². The van der Waals surface area contributed by atoms with Gasteiger partial charge in [-0.2, -0.15) is 0 Å². The van der Waals surface area contributed by atoms with Gasteiger partial charge in [-0.25, -0.2) is 0 Å². The maximum atomic E-state index is 3.74. The van der Waals surface area contributed by atoms with E-state index in [9.17, 15) is 0 Å². The molecule has 0 radical (unpaired) electrons. The lowest BCUT2D eigenvalue weighted by molar-refractivity contribution is 0.414. The molecule has 1 aliphatic carbocycles. The standard InChI is InChI=1S/C14H29N/c1-4-13-6-5-7-14(9-8-13)15-11-10-12(2)3/h12-15H,4-11H2,1-3H3. The summed E-state index contributed by atoms with van der Waals surface area (Å²) < 4.78 is 0. The van der Waals surface area contributed by atoms with Crippen molar-refractivity contribution in [2.45, 2.75) is 71.8 Å². The van der Waals surface area contributed by atoms with Gasteiger partial charge in [-0.05, 0) is 44.1 Å². The largest absolute Gasteiger partial charge is 0.314 e. The van der Waals surface area contributed by atoms with Crippen molar-refractivity contribution < 1.29 is 0 Å². The lowest BCUT2D eigenvalue weighted by Crippen LogP contribution is -2.30. The Kier molecular flexibility index (Phi) is 6.31. The molecule has 1 nitrogen and oxygen atoms in total. The minimum absolute atomic E-state index is 0.820. The van der Waals surface area contributed by atoms with E-state index < -0.39 is 0 Å². The fourth-order valence-electron chi connectivity index (χ4n) is 2.57. The van der Waals surface area contributed by atoms with Crippen molar-refractivity contribution in [2.75, 3.05) is 6.54 Å². The zero-order valence-corrected chi connectivity index (χ0v) is 10.9. The van der Waals surface area contributed by atoms with Gasteiger partial charge < -0.3 is 5.32 Å². The van der Waals surface area contributed by atoms with Crippen molar-refractivity contribution in [1.29, 1.82) is 0 Å².